The number of halogens is 1. The van der Waals surface area contributed by atoms with Crippen molar-refractivity contribution in [2.24, 2.45) is 0 Å². The Labute approximate surface area is 146 Å². The van der Waals surface area contributed by atoms with Gasteiger partial charge in [0, 0.05) is 30.5 Å². The van der Waals surface area contributed by atoms with E-state index in [9.17, 15) is 9.18 Å². The average molecular weight is 346 g/mol. The monoisotopic (exact) mass is 346 g/mol. The summed E-state index contributed by atoms with van der Waals surface area (Å²) in [7, 11) is 0. The highest BCUT2D eigenvalue weighted by Crippen LogP contribution is 2.20. The van der Waals surface area contributed by atoms with Crippen LogP contribution in [0.2, 0.25) is 0 Å². The first kappa shape index (κ1) is 17.4. The van der Waals surface area contributed by atoms with Crippen molar-refractivity contribution in [3.63, 3.8) is 0 Å². The highest BCUT2D eigenvalue weighted by molar-refractivity contribution is 5.74. The van der Waals surface area contributed by atoms with E-state index in [1.54, 1.807) is 23.0 Å². The largest absolute Gasteiger partial charge is 0.381 e. The number of ether oxygens (including phenoxy) is 1. The minimum Gasteiger partial charge on any atom is -0.381 e. The normalized spacial score (nSPS) is 16.4. The summed E-state index contributed by atoms with van der Waals surface area (Å²) in [6.07, 6.45) is 3.41. The van der Waals surface area contributed by atoms with Crippen LogP contribution in [0, 0.1) is 12.7 Å². The van der Waals surface area contributed by atoms with Gasteiger partial charge in [0.15, 0.2) is 0 Å². The van der Waals surface area contributed by atoms with Crippen LogP contribution in [0.15, 0.2) is 30.5 Å². The van der Waals surface area contributed by atoms with E-state index in [1.165, 1.54) is 12.1 Å². The molecule has 134 valence electrons. The van der Waals surface area contributed by atoms with Crippen molar-refractivity contribution in [3.8, 4) is 5.69 Å². The number of hydrogen-bond acceptors (Lipinski definition) is 3. The van der Waals surface area contributed by atoms with E-state index in [2.05, 4.69) is 15.7 Å². The molecule has 2 amide bonds. The second-order valence-electron chi connectivity index (χ2n) is 6.30. The molecule has 0 saturated carbocycles. The number of amides is 2. The van der Waals surface area contributed by atoms with E-state index >= 15 is 0 Å². The number of hydrogen-bond donors (Lipinski definition) is 2. The van der Waals surface area contributed by atoms with Gasteiger partial charge in [-0.1, -0.05) is 0 Å². The fraction of sp³-hybridized carbons (Fsp3) is 0.444. The second-order valence-corrected chi connectivity index (χ2v) is 6.30. The predicted molar refractivity (Wildman–Crippen MR) is 92.2 cm³/mol. The zero-order chi connectivity index (χ0) is 17.8. The molecule has 2 aromatic rings. The van der Waals surface area contributed by atoms with Crippen molar-refractivity contribution < 1.29 is 13.9 Å². The van der Waals surface area contributed by atoms with E-state index in [1.807, 2.05) is 13.8 Å². The van der Waals surface area contributed by atoms with Crippen LogP contribution >= 0.6 is 0 Å². The maximum absolute atomic E-state index is 13.1. The Morgan fingerprint density at radius 3 is 2.68 bits per heavy atom. The minimum atomic E-state index is -0.284. The molecule has 3 rings (SSSR count). The molecule has 2 N–H and O–H groups in total. The molecule has 0 unspecified atom stereocenters. The Morgan fingerprint density at radius 1 is 1.32 bits per heavy atom. The van der Waals surface area contributed by atoms with Gasteiger partial charge in [0.25, 0.3) is 0 Å². The van der Waals surface area contributed by atoms with E-state index < -0.39 is 0 Å². The Morgan fingerprint density at radius 2 is 2.00 bits per heavy atom. The summed E-state index contributed by atoms with van der Waals surface area (Å²) in [4.78, 5) is 12.2. The summed E-state index contributed by atoms with van der Waals surface area (Å²) in [5.41, 5.74) is 2.61. The van der Waals surface area contributed by atoms with Crippen LogP contribution in [0.5, 0.6) is 0 Å². The van der Waals surface area contributed by atoms with E-state index in [4.69, 9.17) is 4.74 Å². The summed E-state index contributed by atoms with van der Waals surface area (Å²) < 4.78 is 20.1. The summed E-state index contributed by atoms with van der Waals surface area (Å²) in [6.45, 7) is 5.22. The van der Waals surface area contributed by atoms with Gasteiger partial charge < -0.3 is 15.4 Å². The molecular formula is C18H23FN4O2. The number of urea groups is 1. The molecule has 2 heterocycles. The lowest BCUT2D eigenvalue weighted by Gasteiger charge is -2.24. The molecule has 1 aliphatic heterocycles. The fourth-order valence-electron chi connectivity index (χ4n) is 3.03. The molecule has 1 fully saturated rings. The summed E-state index contributed by atoms with van der Waals surface area (Å²) in [5, 5.41) is 10.3. The predicted octanol–water partition coefficient (Wildman–Crippen LogP) is 2.86. The zero-order valence-corrected chi connectivity index (χ0v) is 14.5. The Hall–Kier alpha value is -2.41. The van der Waals surface area contributed by atoms with E-state index in [0.29, 0.717) is 13.2 Å². The maximum atomic E-state index is 13.1. The van der Waals surface area contributed by atoms with Crippen LogP contribution < -0.4 is 10.6 Å². The van der Waals surface area contributed by atoms with Crippen molar-refractivity contribution in [2.75, 3.05) is 13.2 Å². The second kappa shape index (κ2) is 7.65. The van der Waals surface area contributed by atoms with Crippen molar-refractivity contribution in [2.45, 2.75) is 38.8 Å². The van der Waals surface area contributed by atoms with Gasteiger partial charge in [-0.15, -0.1) is 0 Å². The number of carbonyl (C=O) groups excluding carboxylic acids is 1. The molecule has 1 aliphatic rings. The standard InChI is InChI=1S/C18H23FN4O2/c1-12(21-18(24)22-15-7-9-25-10-8-15)17-11-20-23(13(17)2)16-5-3-14(19)4-6-16/h3-6,11-12,15H,7-10H2,1-2H3,(H2,21,22,24)/t12-/m1/s1. The Kier molecular flexibility index (Phi) is 5.33. The van der Waals surface area contributed by atoms with Crippen LogP contribution in [0.3, 0.4) is 0 Å². The molecule has 0 radical (unpaired) electrons. The lowest BCUT2D eigenvalue weighted by molar-refractivity contribution is 0.0800. The Balaban J connectivity index is 1.65. The number of benzene rings is 1. The third-order valence-electron chi connectivity index (χ3n) is 4.49. The van der Waals surface area contributed by atoms with Gasteiger partial charge in [0.05, 0.1) is 17.9 Å². The van der Waals surface area contributed by atoms with Gasteiger partial charge in [-0.3, -0.25) is 0 Å². The first-order chi connectivity index (χ1) is 12.0. The first-order valence-electron chi connectivity index (χ1n) is 8.50. The van der Waals surface area contributed by atoms with Gasteiger partial charge in [-0.05, 0) is 51.0 Å². The topological polar surface area (TPSA) is 68.2 Å². The molecule has 1 saturated heterocycles. The average Bonchev–Trinajstić information content (AvgIpc) is 2.98. The molecule has 0 bridgehead atoms. The molecule has 1 aromatic carbocycles. The number of rotatable bonds is 4. The van der Waals surface area contributed by atoms with Gasteiger partial charge in [-0.2, -0.15) is 5.10 Å². The zero-order valence-electron chi connectivity index (χ0n) is 14.5. The first-order valence-corrected chi connectivity index (χ1v) is 8.50. The molecule has 1 aromatic heterocycles. The number of nitrogens with zero attached hydrogens (tertiary/aromatic N) is 2. The Bertz CT molecular complexity index is 723. The van der Waals surface area contributed by atoms with Gasteiger partial charge in [-0.25, -0.2) is 13.9 Å². The summed E-state index contributed by atoms with van der Waals surface area (Å²) in [6, 6.07) is 5.94. The van der Waals surface area contributed by atoms with Gasteiger partial charge in [0.2, 0.25) is 0 Å². The maximum Gasteiger partial charge on any atom is 0.315 e. The molecule has 0 aliphatic carbocycles. The third-order valence-corrected chi connectivity index (χ3v) is 4.49. The molecule has 7 heteroatoms. The van der Waals surface area contributed by atoms with Crippen LogP contribution in [0.1, 0.15) is 37.1 Å². The van der Waals surface area contributed by atoms with Crippen molar-refractivity contribution in [1.29, 1.82) is 0 Å². The number of aromatic nitrogens is 2. The fourth-order valence-corrected chi connectivity index (χ4v) is 3.03. The van der Waals surface area contributed by atoms with Crippen LogP contribution in [-0.2, 0) is 4.74 Å². The van der Waals surface area contributed by atoms with Crippen LogP contribution in [0.25, 0.3) is 5.69 Å². The summed E-state index contributed by atoms with van der Waals surface area (Å²) in [5.74, 6) is -0.284. The van der Waals surface area contributed by atoms with Crippen molar-refractivity contribution in [1.82, 2.24) is 20.4 Å². The van der Waals surface area contributed by atoms with Gasteiger partial charge in [0.1, 0.15) is 5.82 Å². The van der Waals surface area contributed by atoms with Crippen molar-refractivity contribution in [3.05, 3.63) is 47.5 Å². The summed E-state index contributed by atoms with van der Waals surface area (Å²) >= 11 is 0. The van der Waals surface area contributed by atoms with Crippen LogP contribution in [-0.4, -0.2) is 35.1 Å². The molecule has 25 heavy (non-hydrogen) atoms. The highest BCUT2D eigenvalue weighted by Gasteiger charge is 2.19. The number of nitrogens with one attached hydrogen (secondary N) is 2. The van der Waals surface area contributed by atoms with E-state index in [-0.39, 0.29) is 23.9 Å². The molecule has 6 nitrogen and oxygen atoms in total. The molecular weight excluding hydrogens is 323 g/mol. The smallest absolute Gasteiger partial charge is 0.315 e. The minimum absolute atomic E-state index is 0.156. The quantitative estimate of drug-likeness (QED) is 0.894. The SMILES string of the molecule is Cc1c([C@@H](C)NC(=O)NC2CCOCC2)cnn1-c1ccc(F)cc1. The molecule has 1 atom stereocenters. The lowest BCUT2D eigenvalue weighted by atomic mass is 10.1. The highest BCUT2D eigenvalue weighted by atomic mass is 19.1. The van der Waals surface area contributed by atoms with Crippen LogP contribution in [0.4, 0.5) is 9.18 Å². The lowest BCUT2D eigenvalue weighted by Crippen LogP contribution is -2.45. The third kappa shape index (κ3) is 4.17. The number of carbonyl (C=O) groups is 1. The van der Waals surface area contributed by atoms with Gasteiger partial charge >= 0.3 is 6.03 Å². The van der Waals surface area contributed by atoms with Crippen molar-refractivity contribution >= 4 is 6.03 Å². The van der Waals surface area contributed by atoms with E-state index in [0.717, 1.165) is 29.8 Å². The molecule has 0 spiro atoms.